The molecule has 1 amide bonds. The highest BCUT2D eigenvalue weighted by Gasteiger charge is 2.14. The largest absolute Gasteiger partial charge is 0.320 e. The highest BCUT2D eigenvalue weighted by atomic mass is 16.6. The van der Waals surface area contributed by atoms with E-state index in [-0.39, 0.29) is 5.91 Å². The molecule has 0 heterocycles. The topological polar surface area (TPSA) is 64.3 Å². The summed E-state index contributed by atoms with van der Waals surface area (Å²) in [7, 11) is 0. The second kappa shape index (κ2) is 5.97. The van der Waals surface area contributed by atoms with Gasteiger partial charge in [-0.1, -0.05) is 13.8 Å². The van der Waals surface area contributed by atoms with Crippen molar-refractivity contribution in [3.63, 3.8) is 0 Å². The maximum atomic E-state index is 11.1. The molecule has 0 aliphatic heterocycles. The van der Waals surface area contributed by atoms with Gasteiger partial charge >= 0.3 is 0 Å². The van der Waals surface area contributed by atoms with Gasteiger partial charge < -0.3 is 5.73 Å². The Bertz CT molecular complexity index is 137. The molecule has 0 aliphatic rings. The van der Waals surface area contributed by atoms with E-state index in [2.05, 4.69) is 5.48 Å². The van der Waals surface area contributed by atoms with E-state index in [4.69, 9.17) is 10.6 Å². The van der Waals surface area contributed by atoms with Crippen molar-refractivity contribution in [1.82, 2.24) is 5.48 Å². The predicted molar refractivity (Wildman–Crippen MR) is 47.2 cm³/mol. The van der Waals surface area contributed by atoms with Crippen LogP contribution in [0.1, 0.15) is 27.2 Å². The SMILES string of the molecule is CCONC(=O)[C@@H](N)CC(C)C. The number of hydroxylamine groups is 1. The van der Waals surface area contributed by atoms with Gasteiger partial charge in [0.05, 0.1) is 12.6 Å². The first-order valence-corrected chi connectivity index (χ1v) is 4.25. The van der Waals surface area contributed by atoms with Crippen molar-refractivity contribution in [2.75, 3.05) is 6.61 Å². The quantitative estimate of drug-likeness (QED) is 0.594. The van der Waals surface area contributed by atoms with Gasteiger partial charge in [-0.05, 0) is 19.3 Å². The predicted octanol–water partition coefficient (Wildman–Crippen LogP) is 0.427. The molecular weight excluding hydrogens is 156 g/mol. The van der Waals surface area contributed by atoms with E-state index in [1.165, 1.54) is 0 Å². The molecule has 0 saturated heterocycles. The Morgan fingerprint density at radius 2 is 2.17 bits per heavy atom. The molecule has 3 N–H and O–H groups in total. The van der Waals surface area contributed by atoms with E-state index >= 15 is 0 Å². The maximum Gasteiger partial charge on any atom is 0.260 e. The molecule has 1 atom stereocenters. The summed E-state index contributed by atoms with van der Waals surface area (Å²) in [4.78, 5) is 15.8. The van der Waals surface area contributed by atoms with Gasteiger partial charge in [0, 0.05) is 0 Å². The van der Waals surface area contributed by atoms with E-state index < -0.39 is 6.04 Å². The lowest BCUT2D eigenvalue weighted by Crippen LogP contribution is -2.41. The average Bonchev–Trinajstić information content (AvgIpc) is 1.98. The number of nitrogens with one attached hydrogen (secondary N) is 1. The third-order valence-electron chi connectivity index (χ3n) is 1.38. The second-order valence-electron chi connectivity index (χ2n) is 3.14. The van der Waals surface area contributed by atoms with E-state index in [0.29, 0.717) is 18.9 Å². The summed E-state index contributed by atoms with van der Waals surface area (Å²) in [5, 5.41) is 0. The fourth-order valence-electron chi connectivity index (χ4n) is 0.834. The van der Waals surface area contributed by atoms with Crippen LogP contribution in [-0.4, -0.2) is 18.6 Å². The Morgan fingerprint density at radius 1 is 1.58 bits per heavy atom. The van der Waals surface area contributed by atoms with E-state index in [1.54, 1.807) is 6.92 Å². The minimum atomic E-state index is -0.462. The van der Waals surface area contributed by atoms with Gasteiger partial charge in [0.2, 0.25) is 0 Å². The van der Waals surface area contributed by atoms with Crippen LogP contribution in [-0.2, 0) is 9.63 Å². The molecule has 12 heavy (non-hydrogen) atoms. The van der Waals surface area contributed by atoms with Gasteiger partial charge in [-0.25, -0.2) is 5.48 Å². The van der Waals surface area contributed by atoms with Crippen molar-refractivity contribution < 1.29 is 9.63 Å². The number of rotatable bonds is 5. The summed E-state index contributed by atoms with van der Waals surface area (Å²) < 4.78 is 0. The van der Waals surface area contributed by atoms with Crippen LogP contribution in [0.4, 0.5) is 0 Å². The lowest BCUT2D eigenvalue weighted by atomic mass is 10.0. The third kappa shape index (κ3) is 5.09. The monoisotopic (exact) mass is 174 g/mol. The molecule has 0 fully saturated rings. The molecule has 4 nitrogen and oxygen atoms in total. The van der Waals surface area contributed by atoms with Crippen LogP contribution in [0.15, 0.2) is 0 Å². The van der Waals surface area contributed by atoms with Gasteiger partial charge in [-0.3, -0.25) is 9.63 Å². The Morgan fingerprint density at radius 3 is 2.58 bits per heavy atom. The number of amides is 1. The first kappa shape index (κ1) is 11.4. The van der Waals surface area contributed by atoms with Gasteiger partial charge in [0.25, 0.3) is 5.91 Å². The number of nitrogens with two attached hydrogens (primary N) is 1. The highest BCUT2D eigenvalue weighted by Crippen LogP contribution is 2.02. The molecule has 0 spiro atoms. The summed E-state index contributed by atoms with van der Waals surface area (Å²) in [6, 6.07) is -0.462. The molecule has 0 aromatic carbocycles. The fourth-order valence-corrected chi connectivity index (χ4v) is 0.834. The van der Waals surface area contributed by atoms with Crippen LogP contribution in [0.2, 0.25) is 0 Å². The summed E-state index contributed by atoms with van der Waals surface area (Å²) in [5.74, 6) is 0.179. The Hall–Kier alpha value is -0.610. The molecule has 72 valence electrons. The smallest absolute Gasteiger partial charge is 0.260 e. The zero-order valence-electron chi connectivity index (χ0n) is 7.96. The van der Waals surface area contributed by atoms with Crippen LogP contribution < -0.4 is 11.2 Å². The zero-order chi connectivity index (χ0) is 9.56. The van der Waals surface area contributed by atoms with Crippen LogP contribution >= 0.6 is 0 Å². The van der Waals surface area contributed by atoms with Crippen molar-refractivity contribution in [2.24, 2.45) is 11.7 Å². The first-order valence-electron chi connectivity index (χ1n) is 4.25. The second-order valence-corrected chi connectivity index (χ2v) is 3.14. The van der Waals surface area contributed by atoms with Crippen LogP contribution in [0.5, 0.6) is 0 Å². The standard InChI is InChI=1S/C8H18N2O2/c1-4-12-10-8(11)7(9)5-6(2)3/h6-7H,4-5,9H2,1-3H3,(H,10,11)/t7-/m0/s1. The van der Waals surface area contributed by atoms with E-state index in [1.807, 2.05) is 13.8 Å². The summed E-state index contributed by atoms with van der Waals surface area (Å²) in [6.07, 6.45) is 0.679. The molecule has 0 unspecified atom stereocenters. The van der Waals surface area contributed by atoms with Crippen molar-refractivity contribution >= 4 is 5.91 Å². The normalized spacial score (nSPS) is 13.1. The minimum absolute atomic E-state index is 0.245. The molecule has 0 radical (unpaired) electrons. The number of carbonyl (C=O) groups excluding carboxylic acids is 1. The number of hydrogen-bond donors (Lipinski definition) is 2. The first-order chi connectivity index (χ1) is 5.57. The van der Waals surface area contributed by atoms with Crippen LogP contribution in [0.25, 0.3) is 0 Å². The van der Waals surface area contributed by atoms with Crippen molar-refractivity contribution in [1.29, 1.82) is 0 Å². The van der Waals surface area contributed by atoms with E-state index in [0.717, 1.165) is 0 Å². The molecule has 0 rings (SSSR count). The summed E-state index contributed by atoms with van der Waals surface area (Å²) in [6.45, 7) is 6.30. The summed E-state index contributed by atoms with van der Waals surface area (Å²) in [5.41, 5.74) is 7.84. The highest BCUT2D eigenvalue weighted by molar-refractivity contribution is 5.80. The summed E-state index contributed by atoms with van der Waals surface area (Å²) >= 11 is 0. The number of carbonyl (C=O) groups is 1. The Kier molecular flexibility index (Phi) is 5.66. The zero-order valence-corrected chi connectivity index (χ0v) is 7.96. The molecule has 0 bridgehead atoms. The van der Waals surface area contributed by atoms with Crippen molar-refractivity contribution in [2.45, 2.75) is 33.2 Å². The van der Waals surface area contributed by atoms with Crippen molar-refractivity contribution in [3.8, 4) is 0 Å². The molecule has 0 saturated carbocycles. The lowest BCUT2D eigenvalue weighted by molar-refractivity contribution is -0.134. The Labute approximate surface area is 73.4 Å². The fraction of sp³-hybridized carbons (Fsp3) is 0.875. The van der Waals surface area contributed by atoms with Gasteiger partial charge in [-0.15, -0.1) is 0 Å². The lowest BCUT2D eigenvalue weighted by Gasteiger charge is -2.12. The minimum Gasteiger partial charge on any atom is -0.320 e. The van der Waals surface area contributed by atoms with Gasteiger partial charge in [-0.2, -0.15) is 0 Å². The average molecular weight is 174 g/mol. The molecule has 0 aromatic heterocycles. The third-order valence-corrected chi connectivity index (χ3v) is 1.38. The Balaban J connectivity index is 3.61. The molecule has 4 heteroatoms. The van der Waals surface area contributed by atoms with Gasteiger partial charge in [0.1, 0.15) is 0 Å². The molecule has 0 aliphatic carbocycles. The van der Waals surface area contributed by atoms with E-state index in [9.17, 15) is 4.79 Å². The van der Waals surface area contributed by atoms with Crippen molar-refractivity contribution in [3.05, 3.63) is 0 Å². The number of hydrogen-bond acceptors (Lipinski definition) is 3. The molecule has 0 aromatic rings. The van der Waals surface area contributed by atoms with Crippen LogP contribution in [0.3, 0.4) is 0 Å². The van der Waals surface area contributed by atoms with Gasteiger partial charge in [0.15, 0.2) is 0 Å². The maximum absolute atomic E-state index is 11.1. The molecular formula is C8H18N2O2. The van der Waals surface area contributed by atoms with Crippen LogP contribution in [0, 0.1) is 5.92 Å².